The minimum atomic E-state index is -0.120. The summed E-state index contributed by atoms with van der Waals surface area (Å²) in [5.74, 6) is 1.00. The summed E-state index contributed by atoms with van der Waals surface area (Å²) in [7, 11) is 0. The van der Waals surface area contributed by atoms with E-state index < -0.39 is 0 Å². The number of aryl methyl sites for hydroxylation is 1. The third-order valence-electron chi connectivity index (χ3n) is 5.17. The summed E-state index contributed by atoms with van der Waals surface area (Å²) in [5.41, 5.74) is 10.3. The van der Waals surface area contributed by atoms with Gasteiger partial charge in [0.15, 0.2) is 0 Å². The highest BCUT2D eigenvalue weighted by molar-refractivity contribution is 6.38. The number of rotatable bonds is 5. The zero-order valence-corrected chi connectivity index (χ0v) is 15.7. The van der Waals surface area contributed by atoms with Crippen LogP contribution < -0.4 is 21.3 Å². The maximum atomic E-state index is 12.2. The minimum Gasteiger partial charge on any atom is -0.384 e. The molecular formula is C20H29N5O. The second-order valence-electron chi connectivity index (χ2n) is 7.21. The first-order valence-corrected chi connectivity index (χ1v) is 9.40. The number of benzene rings is 1. The van der Waals surface area contributed by atoms with Crippen LogP contribution in [0.15, 0.2) is 35.2 Å². The molecule has 4 N–H and O–H groups in total. The maximum Gasteiger partial charge on any atom is 0.265 e. The smallest absolute Gasteiger partial charge is 0.265 e. The van der Waals surface area contributed by atoms with Gasteiger partial charge in [0.25, 0.3) is 5.91 Å². The topological polar surface area (TPSA) is 82.8 Å². The first-order valence-electron chi connectivity index (χ1n) is 9.40. The van der Waals surface area contributed by atoms with E-state index in [1.165, 1.54) is 11.1 Å². The number of hydrogen-bond acceptors (Lipinski definition) is 5. The fourth-order valence-electron chi connectivity index (χ4n) is 3.54. The largest absolute Gasteiger partial charge is 0.384 e. The van der Waals surface area contributed by atoms with Crippen molar-refractivity contribution in [2.45, 2.75) is 33.1 Å². The predicted octanol–water partition coefficient (Wildman–Crippen LogP) is 1.69. The van der Waals surface area contributed by atoms with E-state index in [9.17, 15) is 4.79 Å². The van der Waals surface area contributed by atoms with Crippen LogP contribution in [0.25, 0.3) is 0 Å². The van der Waals surface area contributed by atoms with Crippen LogP contribution >= 0.6 is 0 Å². The first-order chi connectivity index (χ1) is 12.5. The van der Waals surface area contributed by atoms with Gasteiger partial charge in [0.05, 0.1) is 6.20 Å². The molecule has 0 radical (unpaired) electrons. The number of carbonyl (C=O) groups excluding carboxylic acids is 1. The van der Waals surface area contributed by atoms with Crippen molar-refractivity contribution in [3.63, 3.8) is 0 Å². The molecule has 1 aromatic rings. The van der Waals surface area contributed by atoms with Crippen molar-refractivity contribution in [3.05, 3.63) is 41.3 Å². The molecule has 0 saturated carbocycles. The summed E-state index contributed by atoms with van der Waals surface area (Å²) >= 11 is 0. The monoisotopic (exact) mass is 355 g/mol. The van der Waals surface area contributed by atoms with Gasteiger partial charge in [-0.3, -0.25) is 9.79 Å². The number of carbonyl (C=O) groups is 1. The Labute approximate surface area is 155 Å². The summed E-state index contributed by atoms with van der Waals surface area (Å²) in [6.45, 7) is 7.44. The standard InChI is InChI=1S/C20H29N5O/c1-14-3-4-18-17(11-14)7-10-25(18)19(21)13-23-15(2)20(26)24-12-16-5-8-22-9-6-16/h3-4,11,13,16,22H,5-10,12,21H2,1-2H3,(H,24,26)/b19-13-,23-15?. The van der Waals surface area contributed by atoms with Crippen LogP contribution in [0.4, 0.5) is 5.69 Å². The van der Waals surface area contributed by atoms with Gasteiger partial charge >= 0.3 is 0 Å². The van der Waals surface area contributed by atoms with Gasteiger partial charge in [-0.15, -0.1) is 0 Å². The lowest BCUT2D eigenvalue weighted by Crippen LogP contribution is -2.38. The molecule has 6 heteroatoms. The predicted molar refractivity (Wildman–Crippen MR) is 106 cm³/mol. The highest BCUT2D eigenvalue weighted by Crippen LogP contribution is 2.30. The van der Waals surface area contributed by atoms with Crippen LogP contribution in [-0.2, 0) is 11.2 Å². The molecule has 0 aliphatic carbocycles. The molecule has 0 unspecified atom stereocenters. The maximum absolute atomic E-state index is 12.2. The quantitative estimate of drug-likeness (QED) is 0.702. The molecule has 1 amide bonds. The van der Waals surface area contributed by atoms with Gasteiger partial charge in [0.2, 0.25) is 0 Å². The van der Waals surface area contributed by atoms with Gasteiger partial charge in [-0.05, 0) is 63.7 Å². The van der Waals surface area contributed by atoms with Crippen LogP contribution in [0, 0.1) is 12.8 Å². The highest BCUT2D eigenvalue weighted by atomic mass is 16.1. The van der Waals surface area contributed by atoms with Crippen molar-refractivity contribution in [1.29, 1.82) is 0 Å². The lowest BCUT2D eigenvalue weighted by molar-refractivity contribution is -0.115. The summed E-state index contributed by atoms with van der Waals surface area (Å²) in [4.78, 5) is 18.6. The van der Waals surface area contributed by atoms with E-state index in [1.807, 2.05) is 0 Å². The van der Waals surface area contributed by atoms with E-state index >= 15 is 0 Å². The molecule has 2 aliphatic heterocycles. The lowest BCUT2D eigenvalue weighted by Gasteiger charge is -2.22. The number of piperidine rings is 1. The molecule has 2 heterocycles. The van der Waals surface area contributed by atoms with Crippen molar-refractivity contribution < 1.29 is 4.79 Å². The molecule has 26 heavy (non-hydrogen) atoms. The number of aliphatic imine (C=N–C) groups is 1. The van der Waals surface area contributed by atoms with E-state index in [1.54, 1.807) is 13.1 Å². The molecule has 0 atom stereocenters. The first kappa shape index (κ1) is 18.5. The Hall–Kier alpha value is -2.34. The molecule has 0 bridgehead atoms. The zero-order chi connectivity index (χ0) is 18.5. The van der Waals surface area contributed by atoms with Crippen molar-refractivity contribution in [2.75, 3.05) is 31.1 Å². The van der Waals surface area contributed by atoms with Crippen molar-refractivity contribution in [1.82, 2.24) is 10.6 Å². The van der Waals surface area contributed by atoms with Crippen LogP contribution in [0.2, 0.25) is 0 Å². The molecule has 140 valence electrons. The van der Waals surface area contributed by atoms with E-state index in [0.29, 0.717) is 24.0 Å². The van der Waals surface area contributed by atoms with E-state index in [0.717, 1.165) is 44.6 Å². The summed E-state index contributed by atoms with van der Waals surface area (Å²) in [5, 5.41) is 6.32. The van der Waals surface area contributed by atoms with Crippen LogP contribution in [0.1, 0.15) is 30.9 Å². The Morgan fingerprint density at radius 1 is 1.42 bits per heavy atom. The van der Waals surface area contributed by atoms with E-state index in [4.69, 9.17) is 5.73 Å². The third-order valence-corrected chi connectivity index (χ3v) is 5.17. The summed E-state index contributed by atoms with van der Waals surface area (Å²) in [6.07, 6.45) is 4.79. The molecule has 1 aromatic carbocycles. The SMILES string of the molecule is CC(=N/C=C(/N)N1CCc2cc(C)ccc21)C(=O)NCC1CCNCC1. The van der Waals surface area contributed by atoms with Crippen LogP contribution in [0.3, 0.4) is 0 Å². The number of anilines is 1. The average molecular weight is 355 g/mol. The minimum absolute atomic E-state index is 0.120. The van der Waals surface area contributed by atoms with Crippen molar-refractivity contribution in [3.8, 4) is 0 Å². The number of hydrogen-bond donors (Lipinski definition) is 3. The molecule has 0 aromatic heterocycles. The van der Waals surface area contributed by atoms with Gasteiger partial charge in [0, 0.05) is 18.8 Å². The number of fused-ring (bicyclic) bond motifs is 1. The Morgan fingerprint density at radius 2 is 2.19 bits per heavy atom. The molecule has 0 spiro atoms. The molecule has 1 fully saturated rings. The zero-order valence-electron chi connectivity index (χ0n) is 15.7. The van der Waals surface area contributed by atoms with E-state index in [-0.39, 0.29) is 5.91 Å². The van der Waals surface area contributed by atoms with Crippen molar-refractivity contribution in [2.24, 2.45) is 16.6 Å². The molecular weight excluding hydrogens is 326 g/mol. The second kappa shape index (κ2) is 8.36. The van der Waals surface area contributed by atoms with Gasteiger partial charge in [-0.2, -0.15) is 0 Å². The lowest BCUT2D eigenvalue weighted by atomic mass is 9.98. The van der Waals surface area contributed by atoms with E-state index in [2.05, 4.69) is 45.6 Å². The number of nitrogens with two attached hydrogens (primary N) is 1. The van der Waals surface area contributed by atoms with Gasteiger partial charge in [-0.25, -0.2) is 0 Å². The molecule has 3 rings (SSSR count). The van der Waals surface area contributed by atoms with Crippen LogP contribution in [0.5, 0.6) is 0 Å². The third kappa shape index (κ3) is 4.43. The fraction of sp³-hybridized carbons (Fsp3) is 0.500. The Bertz CT molecular complexity index is 719. The highest BCUT2D eigenvalue weighted by Gasteiger charge is 2.20. The normalized spacial score (nSPS) is 18.8. The fourth-order valence-corrected chi connectivity index (χ4v) is 3.54. The van der Waals surface area contributed by atoms with Gasteiger partial charge < -0.3 is 21.3 Å². The molecule has 1 saturated heterocycles. The molecule has 2 aliphatic rings. The number of nitrogens with one attached hydrogen (secondary N) is 2. The summed E-state index contributed by atoms with van der Waals surface area (Å²) in [6, 6.07) is 6.39. The average Bonchev–Trinajstić information content (AvgIpc) is 3.07. The van der Waals surface area contributed by atoms with Crippen LogP contribution in [-0.4, -0.2) is 37.8 Å². The number of nitrogens with zero attached hydrogens (tertiary/aromatic N) is 2. The summed E-state index contributed by atoms with van der Waals surface area (Å²) < 4.78 is 0. The van der Waals surface area contributed by atoms with Gasteiger partial charge in [0.1, 0.15) is 11.5 Å². The number of amides is 1. The molecule has 6 nitrogen and oxygen atoms in total. The van der Waals surface area contributed by atoms with Gasteiger partial charge in [-0.1, -0.05) is 17.7 Å². The Balaban J connectivity index is 1.58. The Kier molecular flexibility index (Phi) is 5.93. The second-order valence-corrected chi connectivity index (χ2v) is 7.21. The Morgan fingerprint density at radius 3 is 2.96 bits per heavy atom. The van der Waals surface area contributed by atoms with Crippen molar-refractivity contribution >= 4 is 17.3 Å².